The van der Waals surface area contributed by atoms with Crippen LogP contribution in [-0.2, 0) is 23.9 Å². The number of amides is 1. The number of hydrogen-bond acceptors (Lipinski definition) is 3. The van der Waals surface area contributed by atoms with Crippen LogP contribution in [0.3, 0.4) is 0 Å². The maximum absolute atomic E-state index is 13.2. The molecule has 0 saturated carbocycles. The van der Waals surface area contributed by atoms with E-state index >= 15 is 0 Å². The average molecular weight is 533 g/mol. The van der Waals surface area contributed by atoms with E-state index in [0.717, 1.165) is 17.7 Å². The van der Waals surface area contributed by atoms with Gasteiger partial charge >= 0.3 is 12.1 Å². The van der Waals surface area contributed by atoms with E-state index in [2.05, 4.69) is 0 Å². The first-order valence-corrected chi connectivity index (χ1v) is 12.1. The second-order valence-corrected chi connectivity index (χ2v) is 9.08. The highest BCUT2D eigenvalue weighted by Crippen LogP contribution is 2.41. The van der Waals surface area contributed by atoms with E-state index in [1.54, 1.807) is 24.3 Å². The van der Waals surface area contributed by atoms with Crippen molar-refractivity contribution in [2.45, 2.75) is 19.1 Å². The van der Waals surface area contributed by atoms with Gasteiger partial charge in [0.25, 0.3) is 0 Å². The van der Waals surface area contributed by atoms with Gasteiger partial charge in [0.15, 0.2) is 6.61 Å². The zero-order chi connectivity index (χ0) is 27.7. The largest absolute Gasteiger partial charge is 0.481 e. The number of carbonyl (C=O) groups excluding carboxylic acids is 1. The van der Waals surface area contributed by atoms with Gasteiger partial charge in [-0.05, 0) is 59.5 Å². The number of aliphatic carboxylic acids is 1. The average Bonchev–Trinajstić information content (AvgIpc) is 3.24. The van der Waals surface area contributed by atoms with Crippen molar-refractivity contribution in [3.63, 3.8) is 0 Å². The quantitative estimate of drug-likeness (QED) is 0.246. The summed E-state index contributed by atoms with van der Waals surface area (Å²) < 4.78 is 47.1. The van der Waals surface area contributed by atoms with Crippen LogP contribution in [0.5, 0.6) is 5.75 Å². The van der Waals surface area contributed by atoms with E-state index in [0.29, 0.717) is 45.9 Å². The summed E-state index contributed by atoms with van der Waals surface area (Å²) in [6, 6.07) is 23.0. The molecule has 0 aliphatic carbocycles. The number of ether oxygens (including phenoxy) is 1. The van der Waals surface area contributed by atoms with Crippen LogP contribution in [0.2, 0.25) is 0 Å². The van der Waals surface area contributed by atoms with Gasteiger partial charge < -0.3 is 20.1 Å². The molecule has 198 valence electrons. The molecule has 0 unspecified atom stereocenters. The summed E-state index contributed by atoms with van der Waals surface area (Å²) in [6.07, 6.45) is -3.83. The Morgan fingerprint density at radius 1 is 0.846 bits per heavy atom. The van der Waals surface area contributed by atoms with Gasteiger partial charge in [0.1, 0.15) is 5.75 Å². The number of primary amides is 1. The molecule has 5 aromatic rings. The van der Waals surface area contributed by atoms with Crippen LogP contribution in [0, 0.1) is 0 Å². The standard InChI is InChI=1S/C30H23F3N2O4/c31-30(32,33)21-11-9-19(10-12-21)20-15-24-28(25(16-20)39-17-26(36)37)27-22(29(34)38)7-4-8-23(27)35(24)14-13-18-5-2-1-3-6-18/h1-12,15-16H,13-14,17H2,(H2,34,38)(H,36,37). The van der Waals surface area contributed by atoms with Crippen LogP contribution < -0.4 is 10.5 Å². The minimum atomic E-state index is -4.48. The van der Waals surface area contributed by atoms with Crippen LogP contribution in [0.1, 0.15) is 21.5 Å². The molecule has 0 fully saturated rings. The Morgan fingerprint density at radius 2 is 1.56 bits per heavy atom. The number of halogens is 3. The lowest BCUT2D eigenvalue weighted by molar-refractivity contribution is -0.139. The molecule has 39 heavy (non-hydrogen) atoms. The maximum Gasteiger partial charge on any atom is 0.416 e. The number of rotatable bonds is 8. The Bertz CT molecular complexity index is 1690. The molecule has 0 radical (unpaired) electrons. The molecular formula is C30H23F3N2O4. The zero-order valence-electron chi connectivity index (χ0n) is 20.5. The zero-order valence-corrected chi connectivity index (χ0v) is 20.5. The third kappa shape index (κ3) is 5.16. The Labute approximate surface area is 221 Å². The van der Waals surface area contributed by atoms with Crippen molar-refractivity contribution in [3.05, 3.63) is 102 Å². The van der Waals surface area contributed by atoms with Crippen LogP contribution >= 0.6 is 0 Å². The highest BCUT2D eigenvalue weighted by molar-refractivity contribution is 6.20. The molecule has 6 nitrogen and oxygen atoms in total. The number of alkyl halides is 3. The normalized spacial score (nSPS) is 11.7. The van der Waals surface area contributed by atoms with Gasteiger partial charge in [-0.2, -0.15) is 13.2 Å². The van der Waals surface area contributed by atoms with E-state index in [4.69, 9.17) is 10.5 Å². The van der Waals surface area contributed by atoms with E-state index in [9.17, 15) is 27.9 Å². The molecule has 5 rings (SSSR count). The summed E-state index contributed by atoms with van der Waals surface area (Å²) in [6.45, 7) is -0.151. The number of benzene rings is 4. The summed E-state index contributed by atoms with van der Waals surface area (Å²) in [5, 5.41) is 10.3. The smallest absolute Gasteiger partial charge is 0.416 e. The van der Waals surface area contributed by atoms with Crippen molar-refractivity contribution in [1.29, 1.82) is 0 Å². The van der Waals surface area contributed by atoms with Gasteiger partial charge in [-0.1, -0.05) is 48.5 Å². The van der Waals surface area contributed by atoms with E-state index in [1.807, 2.05) is 41.0 Å². The fraction of sp³-hybridized carbons (Fsp3) is 0.133. The number of hydrogen-bond donors (Lipinski definition) is 2. The topological polar surface area (TPSA) is 94.6 Å². The third-order valence-electron chi connectivity index (χ3n) is 6.58. The number of fused-ring (bicyclic) bond motifs is 3. The molecule has 0 spiro atoms. The number of carboxylic acid groups (broad SMARTS) is 1. The molecule has 1 aromatic heterocycles. The van der Waals surface area contributed by atoms with Gasteiger partial charge in [0.2, 0.25) is 5.91 Å². The SMILES string of the molecule is NC(=O)c1cccc2c1c1c(OCC(=O)O)cc(-c3ccc(C(F)(F)F)cc3)cc1n2CCc1ccccc1. The Balaban J connectivity index is 1.76. The van der Waals surface area contributed by atoms with E-state index in [1.165, 1.54) is 12.1 Å². The lowest BCUT2D eigenvalue weighted by Gasteiger charge is -2.13. The van der Waals surface area contributed by atoms with E-state index in [-0.39, 0.29) is 11.3 Å². The van der Waals surface area contributed by atoms with Gasteiger partial charge in [-0.3, -0.25) is 4.79 Å². The fourth-order valence-corrected chi connectivity index (χ4v) is 4.83. The lowest BCUT2D eigenvalue weighted by atomic mass is 9.99. The monoisotopic (exact) mass is 532 g/mol. The molecular weight excluding hydrogens is 509 g/mol. The van der Waals surface area contributed by atoms with E-state index < -0.39 is 30.2 Å². The van der Waals surface area contributed by atoms with Gasteiger partial charge in [0.05, 0.1) is 22.0 Å². The molecule has 1 heterocycles. The Morgan fingerprint density at radius 3 is 2.21 bits per heavy atom. The number of carbonyl (C=O) groups is 2. The molecule has 1 amide bonds. The molecule has 0 atom stereocenters. The number of nitrogens with two attached hydrogens (primary N) is 1. The molecule has 4 aromatic carbocycles. The molecule has 9 heteroatoms. The highest BCUT2D eigenvalue weighted by atomic mass is 19.4. The number of nitrogens with zero attached hydrogens (tertiary/aromatic N) is 1. The minimum absolute atomic E-state index is 0.182. The maximum atomic E-state index is 13.2. The van der Waals surface area contributed by atoms with Crippen molar-refractivity contribution in [1.82, 2.24) is 4.57 Å². The summed E-state index contributed by atoms with van der Waals surface area (Å²) in [5.74, 6) is -1.67. The van der Waals surface area contributed by atoms with Crippen LogP contribution in [0.4, 0.5) is 13.2 Å². The Hall–Kier alpha value is -4.79. The van der Waals surface area contributed by atoms with Crippen LogP contribution in [0.15, 0.2) is 84.9 Å². The third-order valence-corrected chi connectivity index (χ3v) is 6.58. The van der Waals surface area contributed by atoms with Crippen LogP contribution in [-0.4, -0.2) is 28.2 Å². The second-order valence-electron chi connectivity index (χ2n) is 9.08. The molecule has 3 N–H and O–H groups in total. The molecule has 0 bridgehead atoms. The summed E-state index contributed by atoms with van der Waals surface area (Å²) in [4.78, 5) is 23.8. The van der Waals surface area contributed by atoms with Gasteiger partial charge in [0, 0.05) is 17.5 Å². The molecule has 0 aliphatic rings. The predicted octanol–water partition coefficient (Wildman–Crippen LogP) is 6.29. The van der Waals surface area contributed by atoms with Crippen molar-refractivity contribution in [2.75, 3.05) is 6.61 Å². The number of aromatic nitrogens is 1. The summed E-state index contributed by atoms with van der Waals surface area (Å²) in [5.41, 5.74) is 8.61. The summed E-state index contributed by atoms with van der Waals surface area (Å²) >= 11 is 0. The number of carboxylic acids is 1. The summed E-state index contributed by atoms with van der Waals surface area (Å²) in [7, 11) is 0. The second kappa shape index (κ2) is 10.2. The van der Waals surface area contributed by atoms with Crippen molar-refractivity contribution in [2.24, 2.45) is 5.73 Å². The van der Waals surface area contributed by atoms with Crippen molar-refractivity contribution < 1.29 is 32.6 Å². The molecule has 0 aliphatic heterocycles. The lowest BCUT2D eigenvalue weighted by Crippen LogP contribution is -2.11. The fourth-order valence-electron chi connectivity index (χ4n) is 4.83. The van der Waals surface area contributed by atoms with Gasteiger partial charge in [-0.15, -0.1) is 0 Å². The Kier molecular flexibility index (Phi) is 6.74. The first-order chi connectivity index (χ1) is 18.6. The molecule has 0 saturated heterocycles. The predicted molar refractivity (Wildman–Crippen MR) is 142 cm³/mol. The van der Waals surface area contributed by atoms with Crippen molar-refractivity contribution in [3.8, 4) is 16.9 Å². The first kappa shape index (κ1) is 25.8. The van der Waals surface area contributed by atoms with Crippen LogP contribution in [0.25, 0.3) is 32.9 Å². The number of aryl methyl sites for hydroxylation is 2. The first-order valence-electron chi connectivity index (χ1n) is 12.1. The van der Waals surface area contributed by atoms with Gasteiger partial charge in [-0.25, -0.2) is 4.79 Å². The highest BCUT2D eigenvalue weighted by Gasteiger charge is 2.30. The van der Waals surface area contributed by atoms with Crippen molar-refractivity contribution >= 4 is 33.7 Å². The minimum Gasteiger partial charge on any atom is -0.481 e.